The number of anilines is 5. The van der Waals surface area contributed by atoms with Gasteiger partial charge >= 0.3 is 0 Å². The maximum Gasteiger partial charge on any atom is 0.229 e. The molecule has 0 amide bonds. The van der Waals surface area contributed by atoms with Crippen LogP contribution in [-0.2, 0) is 11.0 Å². The van der Waals surface area contributed by atoms with Gasteiger partial charge in [0.15, 0.2) is 5.82 Å². The number of benzene rings is 2. The third kappa shape index (κ3) is 6.94. The Bertz CT molecular complexity index is 1650. The zero-order valence-corrected chi connectivity index (χ0v) is 29.1. The fraction of sp³-hybridized carbons (Fsp3) is 0.500. The van der Waals surface area contributed by atoms with Crippen molar-refractivity contribution >= 4 is 52.9 Å². The van der Waals surface area contributed by atoms with E-state index in [4.69, 9.17) is 26.6 Å². The fourth-order valence-corrected chi connectivity index (χ4v) is 8.77. The van der Waals surface area contributed by atoms with Crippen LogP contribution < -0.4 is 25.6 Å². The summed E-state index contributed by atoms with van der Waals surface area (Å²) in [4.78, 5) is 13.8. The summed E-state index contributed by atoms with van der Waals surface area (Å²) in [5, 5.41) is 16.9. The van der Waals surface area contributed by atoms with Gasteiger partial charge in [-0.15, -0.1) is 0 Å². The van der Waals surface area contributed by atoms with Crippen LogP contribution in [0.3, 0.4) is 0 Å². The molecule has 0 radical (unpaired) electrons. The molecule has 5 rings (SSSR count). The Kier molecular flexibility index (Phi) is 9.70. The first-order valence-electron chi connectivity index (χ1n) is 15.6. The van der Waals surface area contributed by atoms with Gasteiger partial charge in [0.05, 0.1) is 37.3 Å². The van der Waals surface area contributed by atoms with E-state index in [0.29, 0.717) is 40.5 Å². The Labute approximate surface area is 272 Å². The molecule has 0 atom stereocenters. The van der Waals surface area contributed by atoms with E-state index in [1.54, 1.807) is 26.6 Å². The van der Waals surface area contributed by atoms with Crippen LogP contribution in [0, 0.1) is 30.6 Å². The third-order valence-corrected chi connectivity index (χ3v) is 11.6. The van der Waals surface area contributed by atoms with Gasteiger partial charge < -0.3 is 24.8 Å². The van der Waals surface area contributed by atoms with Crippen molar-refractivity contribution in [3.63, 3.8) is 0 Å². The van der Waals surface area contributed by atoms with Gasteiger partial charge in [-0.3, -0.25) is 4.90 Å². The molecule has 1 spiro atoms. The minimum absolute atomic E-state index is 0.362. The van der Waals surface area contributed by atoms with Crippen molar-refractivity contribution < 1.29 is 9.30 Å². The summed E-state index contributed by atoms with van der Waals surface area (Å²) in [7, 11) is 1.15. The molecular formula is C34H45ClN7O2P. The monoisotopic (exact) mass is 649 g/mol. The molecule has 2 aromatic carbocycles. The lowest BCUT2D eigenvalue weighted by atomic mass is 9.60. The molecule has 2 N–H and O–H groups in total. The number of nitrogens with zero attached hydrogens (tertiary/aromatic N) is 5. The predicted octanol–water partition coefficient (Wildman–Crippen LogP) is 7.26. The van der Waals surface area contributed by atoms with E-state index in [2.05, 4.69) is 57.6 Å². The number of hydrogen-bond donors (Lipinski definition) is 2. The summed E-state index contributed by atoms with van der Waals surface area (Å²) >= 11 is 6.54. The number of aryl methyl sites for hydroxylation is 2. The quantitative estimate of drug-likeness (QED) is 0.173. The molecule has 45 heavy (non-hydrogen) atoms. The Morgan fingerprint density at radius 2 is 1.89 bits per heavy atom. The minimum Gasteiger partial charge on any atom is -0.494 e. The van der Waals surface area contributed by atoms with E-state index in [1.807, 2.05) is 26.0 Å². The van der Waals surface area contributed by atoms with Crippen molar-refractivity contribution in [2.75, 3.05) is 62.7 Å². The van der Waals surface area contributed by atoms with Crippen LogP contribution in [0.15, 0.2) is 30.5 Å². The van der Waals surface area contributed by atoms with Crippen LogP contribution in [0.2, 0.25) is 5.02 Å². The summed E-state index contributed by atoms with van der Waals surface area (Å²) in [5.41, 5.74) is 6.42. The lowest BCUT2D eigenvalue weighted by molar-refractivity contribution is -0.000286. The van der Waals surface area contributed by atoms with Gasteiger partial charge in [-0.25, -0.2) is 4.98 Å². The second-order valence-electron chi connectivity index (χ2n) is 13.1. The Morgan fingerprint density at radius 3 is 2.51 bits per heavy atom. The number of hydrogen-bond acceptors (Lipinski definition) is 9. The number of ether oxygens (including phenoxy) is 1. The first kappa shape index (κ1) is 33.1. The van der Waals surface area contributed by atoms with Crippen molar-refractivity contribution in [1.82, 2.24) is 14.9 Å². The summed E-state index contributed by atoms with van der Waals surface area (Å²) < 4.78 is 19.1. The van der Waals surface area contributed by atoms with Gasteiger partial charge in [0.2, 0.25) is 5.95 Å². The number of aromatic nitrogens is 2. The largest absolute Gasteiger partial charge is 0.494 e. The van der Waals surface area contributed by atoms with E-state index in [-0.39, 0.29) is 0 Å². The Hall–Kier alpha value is -3.31. The molecular weight excluding hydrogens is 605 g/mol. The van der Waals surface area contributed by atoms with Gasteiger partial charge in [-0.1, -0.05) is 24.6 Å². The van der Waals surface area contributed by atoms with Crippen LogP contribution >= 0.6 is 18.7 Å². The molecule has 1 aliphatic carbocycles. The molecule has 240 valence electrons. The Balaban J connectivity index is 1.34. The number of piperidine rings is 1. The van der Waals surface area contributed by atoms with Gasteiger partial charge in [-0.05, 0) is 101 Å². The summed E-state index contributed by atoms with van der Waals surface area (Å²) in [5.74, 6) is 1.52. The van der Waals surface area contributed by atoms with Crippen molar-refractivity contribution in [1.29, 1.82) is 5.26 Å². The summed E-state index contributed by atoms with van der Waals surface area (Å²) in [6.45, 7) is 12.3. The third-order valence-electron chi connectivity index (χ3n) is 9.71. The molecule has 0 bridgehead atoms. The maximum atomic E-state index is 13.2. The number of methoxy groups -OCH3 is 1. The first-order chi connectivity index (χ1) is 21.4. The smallest absolute Gasteiger partial charge is 0.229 e. The van der Waals surface area contributed by atoms with Crippen molar-refractivity contribution in [2.24, 2.45) is 5.41 Å². The van der Waals surface area contributed by atoms with Crippen LogP contribution in [0.4, 0.5) is 28.8 Å². The predicted molar refractivity (Wildman–Crippen MR) is 186 cm³/mol. The second kappa shape index (κ2) is 13.2. The van der Waals surface area contributed by atoms with Crippen LogP contribution in [0.1, 0.15) is 49.3 Å². The van der Waals surface area contributed by atoms with Gasteiger partial charge in [0.1, 0.15) is 17.9 Å². The van der Waals surface area contributed by atoms with E-state index in [9.17, 15) is 4.57 Å². The lowest BCUT2D eigenvalue weighted by Crippen LogP contribution is -2.54. The molecule has 9 nitrogen and oxygen atoms in total. The molecule has 1 saturated heterocycles. The average molecular weight is 650 g/mol. The standard InChI is InChI=1S/C34H45ClN7O2P/c1-8-24-17-28(30(44-5)18-29(24)42-14-11-34(12-15-42)19-25(20-34)41(4)16-13-36)39-33-37-21-26(35)32(40-33)38-27-10-9-22(2)23(3)31(27)45(6,7)43/h9-10,17-18,21,25H,8,11-12,14-16,19-20H2,1-7H3,(H2,37,38,39,40). The van der Waals surface area contributed by atoms with E-state index >= 15 is 0 Å². The normalized spacial score (nSPS) is 16.4. The maximum absolute atomic E-state index is 13.2. The average Bonchev–Trinajstić information content (AvgIpc) is 2.98. The molecule has 11 heteroatoms. The lowest BCUT2D eigenvalue weighted by Gasteiger charge is -2.54. The molecule has 2 heterocycles. The fourth-order valence-electron chi connectivity index (χ4n) is 6.94. The van der Waals surface area contributed by atoms with Gasteiger partial charge in [-0.2, -0.15) is 10.2 Å². The zero-order chi connectivity index (χ0) is 32.5. The molecule has 2 aliphatic rings. The highest BCUT2D eigenvalue weighted by atomic mass is 35.5. The summed E-state index contributed by atoms with van der Waals surface area (Å²) in [6.07, 6.45) is 7.13. The second-order valence-corrected chi connectivity index (χ2v) is 16.6. The van der Waals surface area contributed by atoms with Crippen molar-refractivity contribution in [3.05, 3.63) is 52.2 Å². The van der Waals surface area contributed by atoms with E-state index < -0.39 is 7.14 Å². The van der Waals surface area contributed by atoms with Crippen LogP contribution in [0.5, 0.6) is 5.75 Å². The molecule has 1 aromatic heterocycles. The van der Waals surface area contributed by atoms with E-state index in [0.717, 1.165) is 60.2 Å². The highest BCUT2D eigenvalue weighted by Gasteiger charge is 2.47. The molecule has 0 unspecified atom stereocenters. The zero-order valence-electron chi connectivity index (χ0n) is 27.5. The highest BCUT2D eigenvalue weighted by Crippen LogP contribution is 2.51. The number of rotatable bonds is 10. The topological polar surface area (TPSA) is 106 Å². The molecule has 1 saturated carbocycles. The van der Waals surface area contributed by atoms with Crippen molar-refractivity contribution in [3.8, 4) is 11.8 Å². The van der Waals surface area contributed by atoms with Crippen LogP contribution in [-0.4, -0.2) is 68.0 Å². The Morgan fingerprint density at radius 1 is 1.18 bits per heavy atom. The molecule has 2 fully saturated rings. The van der Waals surface area contributed by atoms with Gasteiger partial charge in [0, 0.05) is 36.2 Å². The molecule has 3 aromatic rings. The van der Waals surface area contributed by atoms with E-state index in [1.165, 1.54) is 24.1 Å². The summed E-state index contributed by atoms with van der Waals surface area (Å²) in [6, 6.07) is 11.0. The minimum atomic E-state index is -2.59. The highest BCUT2D eigenvalue weighted by molar-refractivity contribution is 7.70. The first-order valence-corrected chi connectivity index (χ1v) is 18.6. The van der Waals surface area contributed by atoms with Gasteiger partial charge in [0.25, 0.3) is 0 Å². The van der Waals surface area contributed by atoms with Crippen molar-refractivity contribution in [2.45, 2.75) is 58.9 Å². The number of nitrogens with one attached hydrogen (secondary N) is 2. The SMILES string of the molecule is CCc1cc(Nc2ncc(Cl)c(Nc3ccc(C)c(C)c3P(C)(C)=O)n2)c(OC)cc1N1CCC2(CC1)CC(N(C)CC#N)C2. The van der Waals surface area contributed by atoms with Crippen LogP contribution in [0.25, 0.3) is 0 Å². The number of halogens is 1. The molecule has 1 aliphatic heterocycles. The number of nitriles is 1.